The van der Waals surface area contributed by atoms with E-state index >= 15 is 0 Å². The molecule has 0 radical (unpaired) electrons. The Balaban J connectivity index is 2.28. The van der Waals surface area contributed by atoms with E-state index in [1.807, 2.05) is 0 Å². The summed E-state index contributed by atoms with van der Waals surface area (Å²) in [5.41, 5.74) is 3.13. The number of ether oxygens (including phenoxy) is 1. The van der Waals surface area contributed by atoms with E-state index in [0.717, 1.165) is 10.2 Å². The maximum atomic E-state index is 11.3. The molecule has 1 atom stereocenters. The molecule has 84 valence electrons. The molecule has 0 aliphatic rings. The summed E-state index contributed by atoms with van der Waals surface area (Å²) in [6.45, 7) is 1.97. The van der Waals surface area contributed by atoms with E-state index < -0.39 is 12.1 Å². The fourth-order valence-corrected chi connectivity index (χ4v) is 2.12. The van der Waals surface area contributed by atoms with Crippen molar-refractivity contribution in [1.82, 2.24) is 4.98 Å². The van der Waals surface area contributed by atoms with E-state index in [1.54, 1.807) is 30.6 Å². The number of fused-ring (bicyclic) bond motifs is 1. The van der Waals surface area contributed by atoms with Gasteiger partial charge < -0.3 is 9.84 Å². The predicted molar refractivity (Wildman–Crippen MR) is 61.2 cm³/mol. The summed E-state index contributed by atoms with van der Waals surface area (Å²) in [5, 5.41) is 9.73. The lowest BCUT2D eigenvalue weighted by atomic mass is 10.1. The molecule has 1 unspecified atom stereocenters. The number of thiazole rings is 1. The van der Waals surface area contributed by atoms with Gasteiger partial charge in [0.1, 0.15) is 0 Å². The second-order valence-corrected chi connectivity index (χ2v) is 4.12. The van der Waals surface area contributed by atoms with Gasteiger partial charge in [-0.25, -0.2) is 9.78 Å². The van der Waals surface area contributed by atoms with E-state index in [4.69, 9.17) is 4.74 Å². The first-order valence-corrected chi connectivity index (χ1v) is 5.78. The SMILES string of the molecule is CCOC(=O)C(O)c1ccc2ncsc2c1. The van der Waals surface area contributed by atoms with Gasteiger partial charge in [-0.1, -0.05) is 6.07 Å². The lowest BCUT2D eigenvalue weighted by molar-refractivity contribution is -0.153. The highest BCUT2D eigenvalue weighted by atomic mass is 32.1. The van der Waals surface area contributed by atoms with E-state index in [9.17, 15) is 9.90 Å². The van der Waals surface area contributed by atoms with Crippen LogP contribution in [0.5, 0.6) is 0 Å². The van der Waals surface area contributed by atoms with Gasteiger partial charge in [0.25, 0.3) is 0 Å². The monoisotopic (exact) mass is 237 g/mol. The van der Waals surface area contributed by atoms with Gasteiger partial charge in [-0.2, -0.15) is 0 Å². The Hall–Kier alpha value is -1.46. The average Bonchev–Trinajstić information content (AvgIpc) is 2.75. The van der Waals surface area contributed by atoms with Gasteiger partial charge in [0.05, 0.1) is 22.3 Å². The van der Waals surface area contributed by atoms with Crippen LogP contribution in [0.2, 0.25) is 0 Å². The van der Waals surface area contributed by atoms with E-state index in [2.05, 4.69) is 4.98 Å². The summed E-state index contributed by atoms with van der Waals surface area (Å²) in [5.74, 6) is -0.619. The molecule has 2 rings (SSSR count). The number of hydrogen-bond donors (Lipinski definition) is 1. The van der Waals surface area contributed by atoms with Gasteiger partial charge >= 0.3 is 5.97 Å². The molecule has 0 saturated heterocycles. The standard InChI is InChI=1S/C11H11NO3S/c1-2-15-11(14)10(13)7-3-4-8-9(5-7)16-6-12-8/h3-6,10,13H,2H2,1H3. The van der Waals surface area contributed by atoms with Crippen molar-refractivity contribution in [2.45, 2.75) is 13.0 Å². The Morgan fingerprint density at radius 2 is 2.44 bits per heavy atom. The van der Waals surface area contributed by atoms with Crippen molar-refractivity contribution in [2.75, 3.05) is 6.61 Å². The first kappa shape index (κ1) is 11.0. The summed E-state index contributed by atoms with van der Waals surface area (Å²) in [6.07, 6.45) is -1.22. The molecular formula is C11H11NO3S. The number of aliphatic hydroxyl groups excluding tert-OH is 1. The number of carbonyl (C=O) groups excluding carboxylic acids is 1. The summed E-state index contributed by atoms with van der Waals surface area (Å²) >= 11 is 1.47. The molecule has 1 aromatic carbocycles. The topological polar surface area (TPSA) is 59.4 Å². The van der Waals surface area contributed by atoms with Crippen molar-refractivity contribution >= 4 is 27.5 Å². The zero-order valence-corrected chi connectivity index (χ0v) is 9.53. The highest BCUT2D eigenvalue weighted by molar-refractivity contribution is 7.16. The number of nitrogens with zero attached hydrogens (tertiary/aromatic N) is 1. The van der Waals surface area contributed by atoms with Crippen LogP contribution in [0.25, 0.3) is 10.2 Å². The first-order chi connectivity index (χ1) is 7.72. The van der Waals surface area contributed by atoms with Crippen molar-refractivity contribution in [2.24, 2.45) is 0 Å². The van der Waals surface area contributed by atoms with Crippen molar-refractivity contribution in [3.63, 3.8) is 0 Å². The maximum Gasteiger partial charge on any atom is 0.339 e. The molecule has 0 saturated carbocycles. The number of aliphatic hydroxyl groups is 1. The number of esters is 1. The highest BCUT2D eigenvalue weighted by Gasteiger charge is 2.18. The van der Waals surface area contributed by atoms with Crippen LogP contribution in [0.4, 0.5) is 0 Å². The van der Waals surface area contributed by atoms with Crippen LogP contribution in [0.3, 0.4) is 0 Å². The second-order valence-electron chi connectivity index (χ2n) is 3.23. The number of benzene rings is 1. The van der Waals surface area contributed by atoms with E-state index in [-0.39, 0.29) is 6.61 Å². The van der Waals surface area contributed by atoms with Gasteiger partial charge in [0, 0.05) is 0 Å². The molecule has 0 fully saturated rings. The normalized spacial score (nSPS) is 12.6. The molecule has 0 bridgehead atoms. The Morgan fingerprint density at radius 1 is 1.62 bits per heavy atom. The van der Waals surface area contributed by atoms with Gasteiger partial charge in [0.2, 0.25) is 0 Å². The summed E-state index contributed by atoms with van der Waals surface area (Å²) in [4.78, 5) is 15.5. The Labute approximate surface area is 96.5 Å². The zero-order chi connectivity index (χ0) is 11.5. The van der Waals surface area contributed by atoms with Crippen LogP contribution in [-0.4, -0.2) is 22.7 Å². The van der Waals surface area contributed by atoms with Crippen LogP contribution >= 0.6 is 11.3 Å². The van der Waals surface area contributed by atoms with Gasteiger partial charge in [-0.15, -0.1) is 11.3 Å². The molecule has 5 heteroatoms. The molecule has 0 aliphatic heterocycles. The van der Waals surface area contributed by atoms with Crippen LogP contribution in [0, 0.1) is 0 Å². The minimum atomic E-state index is -1.22. The third-order valence-corrected chi connectivity index (χ3v) is 2.97. The van der Waals surface area contributed by atoms with Crippen LogP contribution in [-0.2, 0) is 9.53 Å². The van der Waals surface area contributed by atoms with Crippen molar-refractivity contribution in [1.29, 1.82) is 0 Å². The Kier molecular flexibility index (Phi) is 3.17. The number of rotatable bonds is 3. The molecule has 1 N–H and O–H groups in total. The molecule has 1 heterocycles. The van der Waals surface area contributed by atoms with Gasteiger partial charge in [0.15, 0.2) is 6.10 Å². The third-order valence-electron chi connectivity index (χ3n) is 2.18. The highest BCUT2D eigenvalue weighted by Crippen LogP contribution is 2.23. The molecular weight excluding hydrogens is 226 g/mol. The smallest absolute Gasteiger partial charge is 0.339 e. The number of aromatic nitrogens is 1. The Morgan fingerprint density at radius 3 is 3.19 bits per heavy atom. The van der Waals surface area contributed by atoms with Crippen molar-refractivity contribution in [3.8, 4) is 0 Å². The molecule has 2 aromatic rings. The summed E-state index contributed by atoms with van der Waals surface area (Å²) in [6, 6.07) is 5.22. The number of carbonyl (C=O) groups is 1. The third kappa shape index (κ3) is 2.05. The fourth-order valence-electron chi connectivity index (χ4n) is 1.40. The van der Waals surface area contributed by atoms with Crippen molar-refractivity contribution < 1.29 is 14.6 Å². The molecule has 16 heavy (non-hydrogen) atoms. The maximum absolute atomic E-state index is 11.3. The molecule has 1 aromatic heterocycles. The van der Waals surface area contributed by atoms with E-state index in [1.165, 1.54) is 11.3 Å². The van der Waals surface area contributed by atoms with Crippen LogP contribution in [0.15, 0.2) is 23.7 Å². The quantitative estimate of drug-likeness (QED) is 0.828. The second kappa shape index (κ2) is 4.59. The summed E-state index contributed by atoms with van der Waals surface area (Å²) < 4.78 is 5.70. The van der Waals surface area contributed by atoms with Crippen molar-refractivity contribution in [3.05, 3.63) is 29.3 Å². The van der Waals surface area contributed by atoms with Crippen LogP contribution in [0.1, 0.15) is 18.6 Å². The molecule has 4 nitrogen and oxygen atoms in total. The Bertz CT molecular complexity index is 509. The van der Waals surface area contributed by atoms with Gasteiger partial charge in [-0.3, -0.25) is 0 Å². The molecule has 0 aliphatic carbocycles. The summed E-state index contributed by atoms with van der Waals surface area (Å²) in [7, 11) is 0. The number of hydrogen-bond acceptors (Lipinski definition) is 5. The molecule has 0 amide bonds. The van der Waals surface area contributed by atoms with Crippen LogP contribution < -0.4 is 0 Å². The van der Waals surface area contributed by atoms with Gasteiger partial charge in [-0.05, 0) is 24.6 Å². The minimum absolute atomic E-state index is 0.263. The zero-order valence-electron chi connectivity index (χ0n) is 8.71. The fraction of sp³-hybridized carbons (Fsp3) is 0.273. The predicted octanol–water partition coefficient (Wildman–Crippen LogP) is 1.89. The lowest BCUT2D eigenvalue weighted by Gasteiger charge is -2.09. The first-order valence-electron chi connectivity index (χ1n) is 4.90. The minimum Gasteiger partial charge on any atom is -0.464 e. The lowest BCUT2D eigenvalue weighted by Crippen LogP contribution is -2.15. The van der Waals surface area contributed by atoms with E-state index in [0.29, 0.717) is 5.56 Å². The average molecular weight is 237 g/mol. The molecule has 0 spiro atoms. The largest absolute Gasteiger partial charge is 0.464 e.